The van der Waals surface area contributed by atoms with Gasteiger partial charge in [0, 0.05) is 25.4 Å². The smallest absolute Gasteiger partial charge is 0.222 e. The molecule has 1 atom stereocenters. The van der Waals surface area contributed by atoms with Crippen LogP contribution >= 0.6 is 0 Å². The maximum atomic E-state index is 13.8. The highest BCUT2D eigenvalue weighted by atomic mass is 19.1. The molecule has 2 N–H and O–H groups in total. The first-order chi connectivity index (χ1) is 15.4. The average molecular weight is 439 g/mol. The number of nitrogens with zero attached hydrogens (tertiary/aromatic N) is 2. The van der Waals surface area contributed by atoms with E-state index < -0.39 is 11.4 Å². The first-order valence-corrected chi connectivity index (χ1v) is 10.7. The van der Waals surface area contributed by atoms with Gasteiger partial charge in [-0.1, -0.05) is 18.2 Å². The van der Waals surface area contributed by atoms with Crippen LogP contribution in [0.4, 0.5) is 4.39 Å². The summed E-state index contributed by atoms with van der Waals surface area (Å²) in [6.07, 6.45) is 2.35. The fraction of sp³-hybridized carbons (Fsp3) is 0.375. The second-order valence-corrected chi connectivity index (χ2v) is 8.42. The molecular weight excluding hydrogens is 411 g/mol. The molecule has 0 bridgehead atoms. The predicted molar refractivity (Wildman–Crippen MR) is 119 cm³/mol. The van der Waals surface area contributed by atoms with Gasteiger partial charge >= 0.3 is 0 Å². The standard InChI is InChI=1S/C24H27FN4O3/c1-29(15-21-26-18-5-3-4-6-19(18)27-21)23(31)10-12-24(11-9-22(30)28-24)14-16-7-8-17(25)20(13-16)32-2/h3-8,13H,9-12,14-15H2,1-2H3,(H,26,27)(H,28,30)/t24-/m0/s1. The summed E-state index contributed by atoms with van der Waals surface area (Å²) >= 11 is 0. The number of halogens is 1. The van der Waals surface area contributed by atoms with Crippen molar-refractivity contribution in [2.75, 3.05) is 14.2 Å². The molecule has 2 amide bonds. The molecule has 1 aliphatic heterocycles. The maximum absolute atomic E-state index is 13.8. The minimum absolute atomic E-state index is 0.0253. The van der Waals surface area contributed by atoms with E-state index >= 15 is 0 Å². The van der Waals surface area contributed by atoms with Crippen LogP contribution in [-0.2, 0) is 22.6 Å². The summed E-state index contributed by atoms with van der Waals surface area (Å²) in [6.45, 7) is 0.377. The Bertz CT molecular complexity index is 1110. The summed E-state index contributed by atoms with van der Waals surface area (Å²) in [5.74, 6) is 0.418. The zero-order valence-electron chi connectivity index (χ0n) is 18.3. The first-order valence-electron chi connectivity index (χ1n) is 10.7. The van der Waals surface area contributed by atoms with Gasteiger partial charge in [-0.15, -0.1) is 0 Å². The number of fused-ring (bicyclic) bond motifs is 1. The topological polar surface area (TPSA) is 87.3 Å². The van der Waals surface area contributed by atoms with E-state index in [-0.39, 0.29) is 24.0 Å². The molecule has 7 nitrogen and oxygen atoms in total. The number of methoxy groups -OCH3 is 1. The molecule has 1 fully saturated rings. The lowest BCUT2D eigenvalue weighted by atomic mass is 9.84. The van der Waals surface area contributed by atoms with E-state index in [4.69, 9.17) is 4.74 Å². The third-order valence-electron chi connectivity index (χ3n) is 6.06. The molecule has 3 aromatic rings. The minimum atomic E-state index is -0.532. The van der Waals surface area contributed by atoms with E-state index in [0.717, 1.165) is 22.4 Å². The number of hydrogen-bond acceptors (Lipinski definition) is 4. The van der Waals surface area contributed by atoms with E-state index in [2.05, 4.69) is 15.3 Å². The van der Waals surface area contributed by atoms with Crippen LogP contribution in [0.2, 0.25) is 0 Å². The number of para-hydroxylation sites is 2. The van der Waals surface area contributed by atoms with Gasteiger partial charge in [-0.3, -0.25) is 9.59 Å². The molecule has 1 aliphatic rings. The SMILES string of the molecule is COc1cc(C[C@@]2(CCC(=O)N(C)Cc3nc4ccccc4[nH]3)CCC(=O)N2)ccc1F. The van der Waals surface area contributed by atoms with Crippen LogP contribution in [0.15, 0.2) is 42.5 Å². The molecular formula is C24H27FN4O3. The van der Waals surface area contributed by atoms with Gasteiger partial charge in [0.1, 0.15) is 5.82 Å². The first kappa shape index (κ1) is 21.8. The molecule has 0 saturated carbocycles. The lowest BCUT2D eigenvalue weighted by Gasteiger charge is -2.30. The van der Waals surface area contributed by atoms with Gasteiger partial charge in [-0.05, 0) is 49.1 Å². The van der Waals surface area contributed by atoms with Gasteiger partial charge in [-0.2, -0.15) is 0 Å². The lowest BCUT2D eigenvalue weighted by Crippen LogP contribution is -2.44. The van der Waals surface area contributed by atoms with Crippen LogP contribution in [-0.4, -0.2) is 46.4 Å². The van der Waals surface area contributed by atoms with E-state index in [1.807, 2.05) is 24.3 Å². The van der Waals surface area contributed by atoms with Crippen molar-refractivity contribution in [3.63, 3.8) is 0 Å². The number of amides is 2. The monoisotopic (exact) mass is 438 g/mol. The van der Waals surface area contributed by atoms with E-state index in [1.54, 1.807) is 24.1 Å². The molecule has 8 heteroatoms. The Morgan fingerprint density at radius 2 is 2.09 bits per heavy atom. The Labute approximate surface area is 186 Å². The van der Waals surface area contributed by atoms with Crippen molar-refractivity contribution >= 4 is 22.8 Å². The highest BCUT2D eigenvalue weighted by Crippen LogP contribution is 2.31. The van der Waals surface area contributed by atoms with Gasteiger partial charge in [0.2, 0.25) is 11.8 Å². The van der Waals surface area contributed by atoms with Gasteiger partial charge in [0.15, 0.2) is 11.6 Å². The van der Waals surface area contributed by atoms with Crippen molar-refractivity contribution < 1.29 is 18.7 Å². The zero-order chi connectivity index (χ0) is 22.7. The Morgan fingerprint density at radius 3 is 2.81 bits per heavy atom. The van der Waals surface area contributed by atoms with Crippen LogP contribution in [0.1, 0.15) is 37.1 Å². The van der Waals surface area contributed by atoms with Crippen molar-refractivity contribution in [3.8, 4) is 5.75 Å². The highest BCUT2D eigenvalue weighted by molar-refractivity contribution is 5.80. The quantitative estimate of drug-likeness (QED) is 0.565. The van der Waals surface area contributed by atoms with Crippen molar-refractivity contribution in [2.45, 2.75) is 44.2 Å². The summed E-state index contributed by atoms with van der Waals surface area (Å²) in [5, 5.41) is 3.07. The van der Waals surface area contributed by atoms with Crippen LogP contribution in [0.25, 0.3) is 11.0 Å². The molecule has 1 saturated heterocycles. The highest BCUT2D eigenvalue weighted by Gasteiger charge is 2.38. The van der Waals surface area contributed by atoms with Crippen LogP contribution in [0, 0.1) is 5.82 Å². The van der Waals surface area contributed by atoms with Crippen LogP contribution in [0.5, 0.6) is 5.75 Å². The molecule has 0 aliphatic carbocycles. The molecule has 0 spiro atoms. The van der Waals surface area contributed by atoms with Gasteiger partial charge in [-0.25, -0.2) is 9.37 Å². The number of aromatic nitrogens is 2. The third-order valence-corrected chi connectivity index (χ3v) is 6.06. The maximum Gasteiger partial charge on any atom is 0.222 e. The number of carbonyl (C=O) groups is 2. The van der Waals surface area contributed by atoms with Crippen LogP contribution < -0.4 is 10.1 Å². The number of ether oxygens (including phenoxy) is 1. The summed E-state index contributed by atoms with van der Waals surface area (Å²) in [7, 11) is 3.17. The number of rotatable bonds is 8. The number of aromatic amines is 1. The summed E-state index contributed by atoms with van der Waals surface area (Å²) in [4.78, 5) is 34.3. The molecule has 0 radical (unpaired) electrons. The predicted octanol–water partition coefficient (Wildman–Crippen LogP) is 3.34. The number of hydrogen-bond donors (Lipinski definition) is 2. The van der Waals surface area contributed by atoms with Crippen molar-refractivity contribution in [1.29, 1.82) is 0 Å². The third kappa shape index (κ3) is 4.74. The number of benzene rings is 2. The molecule has 0 unspecified atom stereocenters. The van der Waals surface area contributed by atoms with Crippen LogP contribution in [0.3, 0.4) is 0 Å². The van der Waals surface area contributed by atoms with Gasteiger partial charge in [0.25, 0.3) is 0 Å². The minimum Gasteiger partial charge on any atom is -0.494 e. The number of carbonyl (C=O) groups excluding carboxylic acids is 2. The van der Waals surface area contributed by atoms with Crippen molar-refractivity contribution in [2.24, 2.45) is 0 Å². The Kier molecular flexibility index (Phi) is 6.12. The second kappa shape index (κ2) is 8.98. The Balaban J connectivity index is 1.41. The molecule has 32 heavy (non-hydrogen) atoms. The van der Waals surface area contributed by atoms with E-state index in [1.165, 1.54) is 13.2 Å². The largest absolute Gasteiger partial charge is 0.494 e. The fourth-order valence-electron chi connectivity index (χ4n) is 4.32. The molecule has 168 valence electrons. The molecule has 4 rings (SSSR count). The van der Waals surface area contributed by atoms with Gasteiger partial charge < -0.3 is 19.9 Å². The number of imidazole rings is 1. The number of nitrogens with one attached hydrogen (secondary N) is 2. The molecule has 2 heterocycles. The Hall–Kier alpha value is -3.42. The summed E-state index contributed by atoms with van der Waals surface area (Å²) in [5.41, 5.74) is 2.13. The zero-order valence-corrected chi connectivity index (χ0v) is 18.3. The molecule has 1 aromatic heterocycles. The average Bonchev–Trinajstić information content (AvgIpc) is 3.36. The van der Waals surface area contributed by atoms with E-state index in [9.17, 15) is 14.0 Å². The van der Waals surface area contributed by atoms with Crippen molar-refractivity contribution in [1.82, 2.24) is 20.2 Å². The Morgan fingerprint density at radius 1 is 1.28 bits per heavy atom. The molecule has 2 aromatic carbocycles. The lowest BCUT2D eigenvalue weighted by molar-refractivity contribution is -0.131. The second-order valence-electron chi connectivity index (χ2n) is 8.42. The summed E-state index contributed by atoms with van der Waals surface area (Å²) in [6, 6.07) is 12.4. The van der Waals surface area contributed by atoms with E-state index in [0.29, 0.717) is 32.2 Å². The summed E-state index contributed by atoms with van der Waals surface area (Å²) < 4.78 is 18.9. The fourth-order valence-corrected chi connectivity index (χ4v) is 4.32. The number of H-pyrrole nitrogens is 1. The van der Waals surface area contributed by atoms with Gasteiger partial charge in [0.05, 0.1) is 24.7 Å². The van der Waals surface area contributed by atoms with Crippen molar-refractivity contribution in [3.05, 3.63) is 59.7 Å². The normalized spacial score (nSPS) is 18.0.